The highest BCUT2D eigenvalue weighted by molar-refractivity contribution is 7.17. The summed E-state index contributed by atoms with van der Waals surface area (Å²) in [6, 6.07) is 17.8. The van der Waals surface area contributed by atoms with Crippen LogP contribution < -0.4 is 16.0 Å². The Morgan fingerprint density at radius 3 is 2.61 bits per heavy atom. The number of fused-ring (bicyclic) bond motifs is 1. The second-order valence-corrected chi connectivity index (χ2v) is 9.65. The van der Waals surface area contributed by atoms with Gasteiger partial charge in [0.25, 0.3) is 11.8 Å². The first-order chi connectivity index (χ1) is 18.3. The molecule has 0 atom stereocenters. The van der Waals surface area contributed by atoms with Crippen LogP contribution in [0.4, 0.5) is 11.6 Å². The summed E-state index contributed by atoms with van der Waals surface area (Å²) in [5, 5.41) is 2.85. The Bertz CT molecular complexity index is 1650. The van der Waals surface area contributed by atoms with Crippen molar-refractivity contribution in [3.63, 3.8) is 0 Å². The number of aromatic nitrogens is 3. The van der Waals surface area contributed by atoms with Gasteiger partial charge in [-0.3, -0.25) is 19.7 Å². The zero-order chi connectivity index (χ0) is 26.8. The van der Waals surface area contributed by atoms with Gasteiger partial charge < -0.3 is 19.6 Å². The standard InChI is InChI=1S/C27H24N6O4S/c1-16-29-15-21(37-16)22-10-11-23(38-22)25(35)31-27-30-19-14-18(8-9-20(19)33(27)13-12-24(28)34)32(2)26(36)17-6-4-3-5-7-17/h3-11,14-15H,12-13H2,1-2H3,(H2,28,34)(H,30,31,35). The first kappa shape index (κ1) is 24.9. The monoisotopic (exact) mass is 528 g/mol. The molecule has 5 rings (SSSR count). The second-order valence-electron chi connectivity index (χ2n) is 8.57. The van der Waals surface area contributed by atoms with Gasteiger partial charge in [-0.15, -0.1) is 11.3 Å². The minimum atomic E-state index is -0.473. The van der Waals surface area contributed by atoms with Crippen LogP contribution in [0.2, 0.25) is 0 Å². The van der Waals surface area contributed by atoms with E-state index >= 15 is 0 Å². The highest BCUT2D eigenvalue weighted by Crippen LogP contribution is 2.30. The summed E-state index contributed by atoms with van der Waals surface area (Å²) in [6.45, 7) is 1.98. The minimum absolute atomic E-state index is 0.0659. The van der Waals surface area contributed by atoms with E-state index in [4.69, 9.17) is 10.2 Å². The van der Waals surface area contributed by atoms with Gasteiger partial charge in [0.1, 0.15) is 0 Å². The quantitative estimate of drug-likeness (QED) is 0.305. The van der Waals surface area contributed by atoms with Gasteiger partial charge >= 0.3 is 0 Å². The van der Waals surface area contributed by atoms with E-state index in [9.17, 15) is 14.4 Å². The van der Waals surface area contributed by atoms with Gasteiger partial charge in [0, 0.05) is 38.2 Å². The number of rotatable bonds is 8. The lowest BCUT2D eigenvalue weighted by molar-refractivity contribution is -0.118. The fourth-order valence-electron chi connectivity index (χ4n) is 3.99. The molecule has 0 bridgehead atoms. The third-order valence-electron chi connectivity index (χ3n) is 5.95. The SMILES string of the molecule is Cc1ncc(-c2ccc(C(=O)Nc3nc4cc(N(C)C(=O)c5ccccc5)ccc4n3CCC(N)=O)s2)o1. The van der Waals surface area contributed by atoms with Gasteiger partial charge in [-0.25, -0.2) is 9.97 Å². The number of carbonyl (C=O) groups is 3. The lowest BCUT2D eigenvalue weighted by atomic mass is 10.2. The first-order valence-electron chi connectivity index (χ1n) is 11.8. The van der Waals surface area contributed by atoms with E-state index < -0.39 is 5.91 Å². The molecule has 0 unspecified atom stereocenters. The maximum absolute atomic E-state index is 13.1. The van der Waals surface area contributed by atoms with Crippen LogP contribution in [0.1, 0.15) is 32.3 Å². The number of benzene rings is 2. The van der Waals surface area contributed by atoms with Crippen molar-refractivity contribution < 1.29 is 18.8 Å². The molecule has 3 amide bonds. The van der Waals surface area contributed by atoms with Crippen molar-refractivity contribution in [2.24, 2.45) is 5.73 Å². The number of hydrogen-bond donors (Lipinski definition) is 2. The summed E-state index contributed by atoms with van der Waals surface area (Å²) in [6.07, 6.45) is 1.68. The summed E-state index contributed by atoms with van der Waals surface area (Å²) < 4.78 is 7.28. The van der Waals surface area contributed by atoms with Crippen LogP contribution in [-0.2, 0) is 11.3 Å². The smallest absolute Gasteiger partial charge is 0.268 e. The number of amides is 3. The average molecular weight is 529 g/mol. The molecular weight excluding hydrogens is 504 g/mol. The van der Waals surface area contributed by atoms with Crippen LogP contribution in [0, 0.1) is 6.92 Å². The average Bonchev–Trinajstić information content (AvgIpc) is 3.65. The zero-order valence-corrected chi connectivity index (χ0v) is 21.5. The normalized spacial score (nSPS) is 11.0. The highest BCUT2D eigenvalue weighted by atomic mass is 32.1. The molecule has 192 valence electrons. The van der Waals surface area contributed by atoms with Crippen molar-refractivity contribution in [2.75, 3.05) is 17.3 Å². The largest absolute Gasteiger partial charge is 0.440 e. The fourth-order valence-corrected chi connectivity index (χ4v) is 4.84. The number of nitrogens with one attached hydrogen (secondary N) is 1. The molecule has 38 heavy (non-hydrogen) atoms. The van der Waals surface area contributed by atoms with Crippen LogP contribution in [-0.4, -0.2) is 39.3 Å². The van der Waals surface area contributed by atoms with Crippen LogP contribution in [0.25, 0.3) is 21.7 Å². The van der Waals surface area contributed by atoms with E-state index in [2.05, 4.69) is 15.3 Å². The van der Waals surface area contributed by atoms with Crippen LogP contribution in [0.5, 0.6) is 0 Å². The second kappa shape index (κ2) is 10.3. The molecule has 10 nitrogen and oxygen atoms in total. The van der Waals surface area contributed by atoms with E-state index in [0.29, 0.717) is 38.8 Å². The predicted octanol–water partition coefficient (Wildman–Crippen LogP) is 4.47. The Hall–Kier alpha value is -4.77. The van der Waals surface area contributed by atoms with Gasteiger partial charge in [-0.2, -0.15) is 0 Å². The van der Waals surface area contributed by atoms with Crippen molar-refractivity contribution in [1.29, 1.82) is 0 Å². The molecule has 0 aliphatic rings. The number of aryl methyl sites for hydroxylation is 2. The molecule has 0 radical (unpaired) electrons. The molecule has 0 spiro atoms. The number of nitrogens with two attached hydrogens (primary N) is 1. The van der Waals surface area contributed by atoms with E-state index in [1.54, 1.807) is 67.2 Å². The minimum Gasteiger partial charge on any atom is -0.440 e. The Balaban J connectivity index is 1.44. The summed E-state index contributed by atoms with van der Waals surface area (Å²) in [7, 11) is 1.69. The number of thiophene rings is 1. The van der Waals surface area contributed by atoms with Crippen molar-refractivity contribution in [3.05, 3.63) is 83.2 Å². The number of imidazole rings is 1. The summed E-state index contributed by atoms with van der Waals surface area (Å²) in [5.41, 5.74) is 7.83. The fraction of sp³-hybridized carbons (Fsp3) is 0.148. The van der Waals surface area contributed by atoms with Crippen LogP contribution in [0.15, 0.2) is 71.3 Å². The van der Waals surface area contributed by atoms with Gasteiger partial charge in [0.15, 0.2) is 11.7 Å². The molecule has 0 saturated carbocycles. The van der Waals surface area contributed by atoms with Gasteiger partial charge in [-0.1, -0.05) is 18.2 Å². The maximum Gasteiger partial charge on any atom is 0.268 e. The number of oxazole rings is 1. The molecule has 0 aliphatic heterocycles. The van der Waals surface area contributed by atoms with Crippen molar-refractivity contribution in [2.45, 2.75) is 19.9 Å². The predicted molar refractivity (Wildman–Crippen MR) is 145 cm³/mol. The lowest BCUT2D eigenvalue weighted by Gasteiger charge is -2.17. The molecule has 11 heteroatoms. The van der Waals surface area contributed by atoms with E-state index in [1.165, 1.54) is 16.2 Å². The number of nitrogens with zero attached hydrogens (tertiary/aromatic N) is 4. The number of primary amides is 1. The highest BCUT2D eigenvalue weighted by Gasteiger charge is 2.20. The molecule has 0 fully saturated rings. The molecule has 5 aromatic rings. The molecule has 3 aromatic heterocycles. The van der Waals surface area contributed by atoms with Crippen molar-refractivity contribution in [3.8, 4) is 10.6 Å². The van der Waals surface area contributed by atoms with Gasteiger partial charge in [0.2, 0.25) is 11.9 Å². The number of hydrogen-bond acceptors (Lipinski definition) is 7. The Morgan fingerprint density at radius 2 is 1.89 bits per heavy atom. The summed E-state index contributed by atoms with van der Waals surface area (Å²) in [5.74, 6) is 0.400. The van der Waals surface area contributed by atoms with Crippen LogP contribution in [0.3, 0.4) is 0 Å². The van der Waals surface area contributed by atoms with Crippen LogP contribution >= 0.6 is 11.3 Å². The topological polar surface area (TPSA) is 136 Å². The zero-order valence-electron chi connectivity index (χ0n) is 20.7. The van der Waals surface area contributed by atoms with Gasteiger partial charge in [-0.05, 0) is 42.5 Å². The molecule has 3 N–H and O–H groups in total. The van der Waals surface area contributed by atoms with E-state index in [-0.39, 0.29) is 30.7 Å². The first-order valence-corrected chi connectivity index (χ1v) is 12.6. The van der Waals surface area contributed by atoms with E-state index in [0.717, 1.165) is 4.88 Å². The maximum atomic E-state index is 13.1. The van der Waals surface area contributed by atoms with Gasteiger partial charge in [0.05, 0.1) is 27.0 Å². The third kappa shape index (κ3) is 5.04. The Morgan fingerprint density at radius 1 is 1.11 bits per heavy atom. The Labute approximate surface area is 221 Å². The Kier molecular flexibility index (Phi) is 6.75. The van der Waals surface area contributed by atoms with E-state index in [1.807, 2.05) is 18.2 Å². The molecular formula is C27H24N6O4S. The van der Waals surface area contributed by atoms with Crippen molar-refractivity contribution in [1.82, 2.24) is 14.5 Å². The van der Waals surface area contributed by atoms with Crippen molar-refractivity contribution >= 4 is 51.7 Å². The number of carbonyl (C=O) groups excluding carboxylic acids is 3. The summed E-state index contributed by atoms with van der Waals surface area (Å²) >= 11 is 1.26. The molecule has 0 aliphatic carbocycles. The number of anilines is 2. The molecule has 0 saturated heterocycles. The third-order valence-corrected chi connectivity index (χ3v) is 7.04. The summed E-state index contributed by atoms with van der Waals surface area (Å²) in [4.78, 5) is 49.0. The lowest BCUT2D eigenvalue weighted by Crippen LogP contribution is -2.26. The molecule has 3 heterocycles. The molecule has 2 aromatic carbocycles.